The average molecular weight is 313 g/mol. The van der Waals surface area contributed by atoms with Gasteiger partial charge in [-0.15, -0.1) is 0 Å². The summed E-state index contributed by atoms with van der Waals surface area (Å²) in [6.07, 6.45) is 0. The van der Waals surface area contributed by atoms with Crippen molar-refractivity contribution in [2.45, 2.75) is 12.3 Å². The van der Waals surface area contributed by atoms with Crippen LogP contribution >= 0.6 is 15.9 Å². The van der Waals surface area contributed by atoms with E-state index >= 15 is 0 Å². The molecule has 0 N–H and O–H groups in total. The van der Waals surface area contributed by atoms with Crippen LogP contribution in [0.4, 0.5) is 8.78 Å². The van der Waals surface area contributed by atoms with E-state index in [1.165, 1.54) is 12.1 Å². The van der Waals surface area contributed by atoms with Crippen LogP contribution in [-0.4, -0.2) is 0 Å². The number of hydrogen-bond acceptors (Lipinski definition) is 1. The molecule has 0 aliphatic rings. The lowest BCUT2D eigenvalue weighted by atomic mass is 10.1. The minimum absolute atomic E-state index is 0.107. The third-order valence-electron chi connectivity index (χ3n) is 2.53. The summed E-state index contributed by atoms with van der Waals surface area (Å²) >= 11 is 3.35. The fourth-order valence-electron chi connectivity index (χ4n) is 1.59. The van der Waals surface area contributed by atoms with E-state index in [2.05, 4.69) is 15.9 Å². The van der Waals surface area contributed by atoms with Gasteiger partial charge in [-0.05, 0) is 36.2 Å². The largest absolute Gasteiger partial charge is 0.454 e. The van der Waals surface area contributed by atoms with Crippen LogP contribution in [0.5, 0.6) is 11.5 Å². The fraction of sp³-hybridized carbons (Fsp3) is 0.143. The Morgan fingerprint density at radius 3 is 2.56 bits per heavy atom. The molecule has 0 bridgehead atoms. The highest BCUT2D eigenvalue weighted by Gasteiger charge is 2.10. The van der Waals surface area contributed by atoms with Crippen molar-refractivity contribution in [2.24, 2.45) is 0 Å². The number of rotatable bonds is 3. The quantitative estimate of drug-likeness (QED) is 0.728. The van der Waals surface area contributed by atoms with E-state index < -0.39 is 11.6 Å². The number of ether oxygens (including phenoxy) is 1. The Hall–Kier alpha value is -1.42. The third-order valence-corrected chi connectivity index (χ3v) is 3.18. The van der Waals surface area contributed by atoms with Crippen LogP contribution in [0.15, 0.2) is 36.4 Å². The van der Waals surface area contributed by atoms with E-state index in [0.717, 1.165) is 22.5 Å². The Morgan fingerprint density at radius 2 is 1.89 bits per heavy atom. The average Bonchev–Trinajstić information content (AvgIpc) is 2.37. The van der Waals surface area contributed by atoms with Gasteiger partial charge >= 0.3 is 0 Å². The molecule has 1 nitrogen and oxygen atoms in total. The Labute approximate surface area is 113 Å². The number of alkyl halides is 1. The van der Waals surface area contributed by atoms with Crippen molar-refractivity contribution in [3.63, 3.8) is 0 Å². The molecular weight excluding hydrogens is 302 g/mol. The van der Waals surface area contributed by atoms with Gasteiger partial charge in [0.15, 0.2) is 11.6 Å². The summed E-state index contributed by atoms with van der Waals surface area (Å²) in [5, 5.41) is 0.739. The molecule has 0 aliphatic carbocycles. The molecule has 0 radical (unpaired) electrons. The molecule has 0 aliphatic heterocycles. The van der Waals surface area contributed by atoms with Gasteiger partial charge in [-0.2, -0.15) is 4.39 Å². The van der Waals surface area contributed by atoms with E-state index in [4.69, 9.17) is 4.74 Å². The van der Waals surface area contributed by atoms with Crippen molar-refractivity contribution >= 4 is 15.9 Å². The van der Waals surface area contributed by atoms with Crippen molar-refractivity contribution < 1.29 is 13.5 Å². The molecule has 0 saturated carbocycles. The zero-order valence-electron chi connectivity index (χ0n) is 9.71. The number of aryl methyl sites for hydroxylation is 1. The molecule has 0 spiro atoms. The lowest BCUT2D eigenvalue weighted by molar-refractivity contribution is 0.414. The molecule has 0 amide bonds. The van der Waals surface area contributed by atoms with Gasteiger partial charge in [0.2, 0.25) is 5.82 Å². The second kappa shape index (κ2) is 5.48. The molecule has 0 aromatic heterocycles. The molecule has 0 heterocycles. The predicted octanol–water partition coefficient (Wildman–Crippen LogP) is 4.96. The lowest BCUT2D eigenvalue weighted by Gasteiger charge is -2.10. The molecule has 2 aromatic rings. The molecule has 2 rings (SSSR count). The zero-order chi connectivity index (χ0) is 13.1. The van der Waals surface area contributed by atoms with Gasteiger partial charge in [-0.1, -0.05) is 34.1 Å². The van der Waals surface area contributed by atoms with Crippen LogP contribution in [0, 0.1) is 18.6 Å². The van der Waals surface area contributed by atoms with Gasteiger partial charge in [-0.25, -0.2) is 4.39 Å². The first-order chi connectivity index (χ1) is 8.61. The molecule has 0 fully saturated rings. The summed E-state index contributed by atoms with van der Waals surface area (Å²) in [5.41, 5.74) is 1.97. The van der Waals surface area contributed by atoms with Crippen LogP contribution < -0.4 is 4.74 Å². The first-order valence-corrected chi connectivity index (χ1v) is 6.51. The van der Waals surface area contributed by atoms with E-state index in [1.807, 2.05) is 19.1 Å². The van der Waals surface area contributed by atoms with Gasteiger partial charge in [0.1, 0.15) is 5.75 Å². The molecule has 2 aromatic carbocycles. The summed E-state index contributed by atoms with van der Waals surface area (Å²) in [5.74, 6) is -1.47. The van der Waals surface area contributed by atoms with Gasteiger partial charge < -0.3 is 4.74 Å². The Morgan fingerprint density at radius 1 is 1.11 bits per heavy atom. The molecule has 0 saturated heterocycles. The summed E-state index contributed by atoms with van der Waals surface area (Å²) in [7, 11) is 0. The minimum Gasteiger partial charge on any atom is -0.454 e. The highest BCUT2D eigenvalue weighted by Crippen LogP contribution is 2.29. The van der Waals surface area contributed by atoms with E-state index in [-0.39, 0.29) is 5.75 Å². The van der Waals surface area contributed by atoms with Crippen molar-refractivity contribution in [1.29, 1.82) is 0 Å². The van der Waals surface area contributed by atoms with Crippen molar-refractivity contribution in [1.82, 2.24) is 0 Å². The maximum absolute atomic E-state index is 13.5. The molecule has 18 heavy (non-hydrogen) atoms. The Kier molecular flexibility index (Phi) is 3.97. The first kappa shape index (κ1) is 13.0. The smallest absolute Gasteiger partial charge is 0.201 e. The van der Waals surface area contributed by atoms with E-state index in [1.54, 1.807) is 6.07 Å². The Bertz CT molecular complexity index is 570. The fourth-order valence-corrected chi connectivity index (χ4v) is 1.94. The summed E-state index contributed by atoms with van der Waals surface area (Å²) in [6.45, 7) is 1.86. The maximum atomic E-state index is 13.5. The van der Waals surface area contributed by atoms with Crippen LogP contribution in [0.25, 0.3) is 0 Å². The molecule has 0 unspecified atom stereocenters. The summed E-state index contributed by atoms with van der Waals surface area (Å²) in [6, 6.07) is 9.42. The van der Waals surface area contributed by atoms with Crippen LogP contribution in [-0.2, 0) is 5.33 Å². The number of benzene rings is 2. The first-order valence-electron chi connectivity index (χ1n) is 5.39. The summed E-state index contributed by atoms with van der Waals surface area (Å²) in [4.78, 5) is 0. The van der Waals surface area contributed by atoms with Gasteiger partial charge in [-0.3, -0.25) is 0 Å². The van der Waals surface area contributed by atoms with Crippen LogP contribution in [0.1, 0.15) is 11.1 Å². The van der Waals surface area contributed by atoms with E-state index in [0.29, 0.717) is 5.75 Å². The lowest BCUT2D eigenvalue weighted by Crippen LogP contribution is -1.93. The monoisotopic (exact) mass is 312 g/mol. The topological polar surface area (TPSA) is 9.23 Å². The molecule has 4 heteroatoms. The van der Waals surface area contributed by atoms with Crippen molar-refractivity contribution in [2.75, 3.05) is 0 Å². The highest BCUT2D eigenvalue weighted by molar-refractivity contribution is 9.08. The predicted molar refractivity (Wildman–Crippen MR) is 70.2 cm³/mol. The molecule has 0 atom stereocenters. The SMILES string of the molecule is Cc1cc(CBr)ccc1Oc1cccc(F)c1F. The molecule has 94 valence electrons. The second-order valence-corrected chi connectivity index (χ2v) is 4.45. The second-order valence-electron chi connectivity index (χ2n) is 3.89. The van der Waals surface area contributed by atoms with Crippen LogP contribution in [0.3, 0.4) is 0 Å². The molecular formula is C14H11BrF2O. The number of halogens is 3. The van der Waals surface area contributed by atoms with Crippen LogP contribution in [0.2, 0.25) is 0 Å². The zero-order valence-corrected chi connectivity index (χ0v) is 11.3. The Balaban J connectivity index is 2.31. The minimum atomic E-state index is -0.971. The van der Waals surface area contributed by atoms with Crippen molar-refractivity contribution in [3.05, 3.63) is 59.2 Å². The number of hydrogen-bond donors (Lipinski definition) is 0. The normalized spacial score (nSPS) is 10.4. The standard InChI is InChI=1S/C14H11BrF2O/c1-9-7-10(8-15)5-6-12(9)18-13-4-2-3-11(16)14(13)17/h2-7H,8H2,1H3. The van der Waals surface area contributed by atoms with Gasteiger partial charge in [0, 0.05) is 5.33 Å². The maximum Gasteiger partial charge on any atom is 0.201 e. The van der Waals surface area contributed by atoms with Gasteiger partial charge in [0.25, 0.3) is 0 Å². The third kappa shape index (κ3) is 2.70. The van der Waals surface area contributed by atoms with Crippen molar-refractivity contribution in [3.8, 4) is 11.5 Å². The summed E-state index contributed by atoms with van der Waals surface area (Å²) < 4.78 is 31.9. The van der Waals surface area contributed by atoms with E-state index in [9.17, 15) is 8.78 Å². The van der Waals surface area contributed by atoms with Gasteiger partial charge in [0.05, 0.1) is 0 Å². The highest BCUT2D eigenvalue weighted by atomic mass is 79.9.